The third kappa shape index (κ3) is 2.14. The molecule has 1 aromatic heterocycles. The number of furan rings is 1. The minimum absolute atomic E-state index is 0.217. The van der Waals surface area contributed by atoms with E-state index in [1.165, 1.54) is 6.26 Å². The van der Waals surface area contributed by atoms with E-state index in [-0.39, 0.29) is 5.91 Å². The van der Waals surface area contributed by atoms with Gasteiger partial charge in [0.1, 0.15) is 0 Å². The van der Waals surface area contributed by atoms with Gasteiger partial charge in [-0.3, -0.25) is 4.79 Å². The highest BCUT2D eigenvalue weighted by atomic mass is 16.3. The third-order valence-corrected chi connectivity index (χ3v) is 2.39. The Morgan fingerprint density at radius 1 is 1.25 bits per heavy atom. The number of benzene rings is 1. The van der Waals surface area contributed by atoms with Crippen LogP contribution in [0.25, 0.3) is 0 Å². The molecule has 0 atom stereocenters. The number of aryl methyl sites for hydroxylation is 1. The lowest BCUT2D eigenvalue weighted by Crippen LogP contribution is -2.12. The van der Waals surface area contributed by atoms with Crippen LogP contribution in [0.5, 0.6) is 0 Å². The molecule has 1 amide bonds. The monoisotopic (exact) mass is 215 g/mol. The second-order valence-electron chi connectivity index (χ2n) is 3.44. The maximum Gasteiger partial charge on any atom is 0.291 e. The molecule has 0 aliphatic carbocycles. The van der Waals surface area contributed by atoms with Gasteiger partial charge in [-0.2, -0.15) is 0 Å². The Bertz CT molecular complexity index is 474. The summed E-state index contributed by atoms with van der Waals surface area (Å²) in [5.41, 5.74) is 1.95. The molecule has 1 aromatic carbocycles. The van der Waals surface area contributed by atoms with Crippen LogP contribution in [0.3, 0.4) is 0 Å². The van der Waals surface area contributed by atoms with Crippen LogP contribution in [0, 0.1) is 0 Å². The molecular formula is C13H13NO2. The summed E-state index contributed by atoms with van der Waals surface area (Å²) in [6.45, 7) is 2.05. The molecule has 0 spiro atoms. The van der Waals surface area contributed by atoms with Crippen molar-refractivity contribution in [3.05, 3.63) is 54.0 Å². The molecule has 0 bridgehead atoms. The van der Waals surface area contributed by atoms with E-state index >= 15 is 0 Å². The van der Waals surface area contributed by atoms with E-state index in [4.69, 9.17) is 4.42 Å². The van der Waals surface area contributed by atoms with E-state index in [0.29, 0.717) is 5.76 Å². The van der Waals surface area contributed by atoms with E-state index in [2.05, 4.69) is 12.2 Å². The first-order valence-corrected chi connectivity index (χ1v) is 5.24. The molecule has 82 valence electrons. The van der Waals surface area contributed by atoms with Crippen molar-refractivity contribution in [1.82, 2.24) is 0 Å². The number of nitrogens with one attached hydrogen (secondary N) is 1. The van der Waals surface area contributed by atoms with Crippen molar-refractivity contribution < 1.29 is 9.21 Å². The summed E-state index contributed by atoms with van der Waals surface area (Å²) in [6, 6.07) is 11.1. The van der Waals surface area contributed by atoms with Gasteiger partial charge in [-0.25, -0.2) is 0 Å². The number of carbonyl (C=O) groups excluding carboxylic acids is 1. The van der Waals surface area contributed by atoms with Crippen molar-refractivity contribution in [2.24, 2.45) is 0 Å². The van der Waals surface area contributed by atoms with E-state index in [9.17, 15) is 4.79 Å². The topological polar surface area (TPSA) is 42.2 Å². The second-order valence-corrected chi connectivity index (χ2v) is 3.44. The number of carbonyl (C=O) groups is 1. The SMILES string of the molecule is CCc1ccccc1NC(=O)c1ccco1. The lowest BCUT2D eigenvalue weighted by atomic mass is 10.1. The van der Waals surface area contributed by atoms with Gasteiger partial charge >= 0.3 is 0 Å². The predicted molar refractivity (Wildman–Crippen MR) is 62.5 cm³/mol. The molecule has 3 nitrogen and oxygen atoms in total. The molecule has 0 saturated heterocycles. The maximum absolute atomic E-state index is 11.7. The normalized spacial score (nSPS) is 10.1. The molecule has 0 radical (unpaired) electrons. The standard InChI is InChI=1S/C13H13NO2/c1-2-10-6-3-4-7-11(10)14-13(15)12-8-5-9-16-12/h3-9H,2H2,1H3,(H,14,15). The number of hydrogen-bond acceptors (Lipinski definition) is 2. The van der Waals surface area contributed by atoms with Crippen molar-refractivity contribution in [3.8, 4) is 0 Å². The highest BCUT2D eigenvalue weighted by Gasteiger charge is 2.09. The lowest BCUT2D eigenvalue weighted by molar-refractivity contribution is 0.0996. The van der Waals surface area contributed by atoms with Gasteiger partial charge in [-0.15, -0.1) is 0 Å². The average Bonchev–Trinajstić information content (AvgIpc) is 2.83. The first kappa shape index (κ1) is 10.5. The summed E-state index contributed by atoms with van der Waals surface area (Å²) in [7, 11) is 0. The summed E-state index contributed by atoms with van der Waals surface area (Å²) in [5.74, 6) is 0.108. The van der Waals surface area contributed by atoms with Crippen molar-refractivity contribution >= 4 is 11.6 Å². The van der Waals surface area contributed by atoms with E-state index < -0.39 is 0 Å². The molecule has 2 aromatic rings. The zero-order valence-electron chi connectivity index (χ0n) is 9.07. The minimum atomic E-state index is -0.217. The first-order chi connectivity index (χ1) is 7.81. The van der Waals surface area contributed by atoms with Crippen LogP contribution >= 0.6 is 0 Å². The number of amides is 1. The van der Waals surface area contributed by atoms with Crippen LogP contribution < -0.4 is 5.32 Å². The Kier molecular flexibility index (Phi) is 3.05. The van der Waals surface area contributed by atoms with E-state index in [0.717, 1.165) is 17.7 Å². The highest BCUT2D eigenvalue weighted by molar-refractivity contribution is 6.02. The molecule has 0 fully saturated rings. The highest BCUT2D eigenvalue weighted by Crippen LogP contribution is 2.16. The van der Waals surface area contributed by atoms with Crippen molar-refractivity contribution in [1.29, 1.82) is 0 Å². The summed E-state index contributed by atoms with van der Waals surface area (Å²) < 4.78 is 5.03. The fourth-order valence-corrected chi connectivity index (χ4v) is 1.54. The number of anilines is 1. The van der Waals surface area contributed by atoms with Gasteiger partial charge in [0, 0.05) is 5.69 Å². The number of rotatable bonds is 3. The van der Waals surface area contributed by atoms with Gasteiger partial charge in [0.05, 0.1) is 6.26 Å². The van der Waals surface area contributed by atoms with Crippen molar-refractivity contribution in [2.45, 2.75) is 13.3 Å². The zero-order chi connectivity index (χ0) is 11.4. The van der Waals surface area contributed by atoms with Gasteiger partial charge in [0.2, 0.25) is 0 Å². The number of hydrogen-bond donors (Lipinski definition) is 1. The van der Waals surface area contributed by atoms with Gasteiger partial charge in [0.15, 0.2) is 5.76 Å². The molecule has 16 heavy (non-hydrogen) atoms. The van der Waals surface area contributed by atoms with Crippen molar-refractivity contribution in [2.75, 3.05) is 5.32 Å². The fraction of sp³-hybridized carbons (Fsp3) is 0.154. The Morgan fingerprint density at radius 3 is 2.75 bits per heavy atom. The zero-order valence-corrected chi connectivity index (χ0v) is 9.07. The smallest absolute Gasteiger partial charge is 0.291 e. The second kappa shape index (κ2) is 4.66. The number of para-hydroxylation sites is 1. The quantitative estimate of drug-likeness (QED) is 0.854. The van der Waals surface area contributed by atoms with Gasteiger partial charge in [-0.05, 0) is 30.2 Å². The molecule has 0 aliphatic rings. The Hall–Kier alpha value is -2.03. The molecule has 3 heteroatoms. The Balaban J connectivity index is 2.18. The molecule has 0 saturated carbocycles. The molecule has 2 rings (SSSR count). The van der Waals surface area contributed by atoms with Crippen LogP contribution in [0.2, 0.25) is 0 Å². The Morgan fingerprint density at radius 2 is 2.06 bits per heavy atom. The molecule has 0 aliphatic heterocycles. The molecule has 1 heterocycles. The van der Waals surface area contributed by atoms with E-state index in [1.807, 2.05) is 24.3 Å². The average molecular weight is 215 g/mol. The van der Waals surface area contributed by atoms with Gasteiger partial charge in [-0.1, -0.05) is 25.1 Å². The van der Waals surface area contributed by atoms with Crippen LogP contribution in [0.15, 0.2) is 47.1 Å². The summed E-state index contributed by atoms with van der Waals surface area (Å²) in [6.07, 6.45) is 2.37. The van der Waals surface area contributed by atoms with E-state index in [1.54, 1.807) is 12.1 Å². The summed E-state index contributed by atoms with van der Waals surface area (Å²) in [4.78, 5) is 11.7. The maximum atomic E-state index is 11.7. The lowest BCUT2D eigenvalue weighted by Gasteiger charge is -2.07. The first-order valence-electron chi connectivity index (χ1n) is 5.24. The summed E-state index contributed by atoms with van der Waals surface area (Å²) in [5, 5.41) is 2.83. The van der Waals surface area contributed by atoms with Crippen LogP contribution in [0.1, 0.15) is 23.0 Å². The minimum Gasteiger partial charge on any atom is -0.459 e. The summed E-state index contributed by atoms with van der Waals surface area (Å²) >= 11 is 0. The third-order valence-electron chi connectivity index (χ3n) is 2.39. The Labute approximate surface area is 94.1 Å². The van der Waals surface area contributed by atoms with Gasteiger partial charge < -0.3 is 9.73 Å². The molecule has 1 N–H and O–H groups in total. The van der Waals surface area contributed by atoms with Crippen LogP contribution in [-0.4, -0.2) is 5.91 Å². The van der Waals surface area contributed by atoms with Crippen molar-refractivity contribution in [3.63, 3.8) is 0 Å². The fourth-order valence-electron chi connectivity index (χ4n) is 1.54. The largest absolute Gasteiger partial charge is 0.459 e. The van der Waals surface area contributed by atoms with Crippen LogP contribution in [0.4, 0.5) is 5.69 Å². The molecule has 0 unspecified atom stereocenters. The van der Waals surface area contributed by atoms with Gasteiger partial charge in [0.25, 0.3) is 5.91 Å². The predicted octanol–water partition coefficient (Wildman–Crippen LogP) is 3.09. The molecular weight excluding hydrogens is 202 g/mol. The van der Waals surface area contributed by atoms with Crippen LogP contribution in [-0.2, 0) is 6.42 Å².